The summed E-state index contributed by atoms with van der Waals surface area (Å²) in [6, 6.07) is 16.9. The lowest BCUT2D eigenvalue weighted by molar-refractivity contribution is -0.139. The molecule has 0 bridgehead atoms. The van der Waals surface area contributed by atoms with Gasteiger partial charge in [0.05, 0.1) is 19.3 Å². The van der Waals surface area contributed by atoms with E-state index >= 15 is 0 Å². The topological polar surface area (TPSA) is 78.3 Å². The van der Waals surface area contributed by atoms with E-state index in [0.29, 0.717) is 29.6 Å². The van der Waals surface area contributed by atoms with Gasteiger partial charge < -0.3 is 14.8 Å². The number of nitrogens with zero attached hydrogens (tertiary/aromatic N) is 3. The standard InChI is InChI=1S/C22H22N4O3/c1-4-29-21(27)18-14(2)23-22-24-20(16-10-12-17(28-3)13-11-16)25-26(22)19(18)15-8-6-5-7-9-15/h5-13,19H,4H2,1-3H3,(H,23,24,25). The zero-order valence-corrected chi connectivity index (χ0v) is 16.5. The Balaban J connectivity index is 1.81. The third-order valence-corrected chi connectivity index (χ3v) is 4.81. The number of rotatable bonds is 5. The molecule has 1 aromatic heterocycles. The van der Waals surface area contributed by atoms with Crippen molar-refractivity contribution in [1.82, 2.24) is 14.8 Å². The third-order valence-electron chi connectivity index (χ3n) is 4.81. The van der Waals surface area contributed by atoms with Gasteiger partial charge in [0, 0.05) is 11.3 Å². The van der Waals surface area contributed by atoms with E-state index in [1.807, 2.05) is 61.5 Å². The molecule has 1 N–H and O–H groups in total. The Hall–Kier alpha value is -3.61. The molecule has 0 spiro atoms. The molecule has 0 aliphatic carbocycles. The van der Waals surface area contributed by atoms with Crippen LogP contribution in [0.2, 0.25) is 0 Å². The summed E-state index contributed by atoms with van der Waals surface area (Å²) in [7, 11) is 1.63. The summed E-state index contributed by atoms with van der Waals surface area (Å²) in [4.78, 5) is 17.4. The van der Waals surface area contributed by atoms with E-state index in [1.54, 1.807) is 18.7 Å². The zero-order valence-electron chi connectivity index (χ0n) is 16.5. The maximum absolute atomic E-state index is 12.8. The summed E-state index contributed by atoms with van der Waals surface area (Å²) in [5.74, 6) is 1.54. The van der Waals surface area contributed by atoms with Gasteiger partial charge in [-0.3, -0.25) is 0 Å². The van der Waals surface area contributed by atoms with E-state index in [-0.39, 0.29) is 5.97 Å². The van der Waals surface area contributed by atoms with Crippen molar-refractivity contribution in [2.75, 3.05) is 19.0 Å². The number of hydrogen-bond donors (Lipinski definition) is 1. The first-order chi connectivity index (χ1) is 14.1. The van der Waals surface area contributed by atoms with E-state index in [9.17, 15) is 4.79 Å². The number of hydrogen-bond acceptors (Lipinski definition) is 6. The second-order valence-electron chi connectivity index (χ2n) is 6.63. The maximum Gasteiger partial charge on any atom is 0.338 e. The van der Waals surface area contributed by atoms with Crippen LogP contribution in [0.3, 0.4) is 0 Å². The van der Waals surface area contributed by atoms with Crippen molar-refractivity contribution < 1.29 is 14.3 Å². The smallest absolute Gasteiger partial charge is 0.338 e. The van der Waals surface area contributed by atoms with Crippen LogP contribution in [-0.4, -0.2) is 34.5 Å². The molecule has 1 unspecified atom stereocenters. The predicted molar refractivity (Wildman–Crippen MR) is 110 cm³/mol. The average Bonchev–Trinajstić information content (AvgIpc) is 3.17. The minimum absolute atomic E-state index is 0.304. The van der Waals surface area contributed by atoms with Crippen molar-refractivity contribution >= 4 is 11.9 Å². The molecule has 148 valence electrons. The van der Waals surface area contributed by atoms with E-state index < -0.39 is 6.04 Å². The van der Waals surface area contributed by atoms with Crippen LogP contribution in [0.5, 0.6) is 5.75 Å². The SMILES string of the molecule is CCOC(=O)C1=C(C)Nc2nc(-c3ccc(OC)cc3)nn2C1c1ccccc1. The van der Waals surface area contributed by atoms with Crippen molar-refractivity contribution in [2.45, 2.75) is 19.9 Å². The van der Waals surface area contributed by atoms with Crippen LogP contribution < -0.4 is 10.1 Å². The quantitative estimate of drug-likeness (QED) is 0.668. The maximum atomic E-state index is 12.8. The van der Waals surface area contributed by atoms with Gasteiger partial charge in [0.1, 0.15) is 11.8 Å². The predicted octanol–water partition coefficient (Wildman–Crippen LogP) is 3.81. The fourth-order valence-electron chi connectivity index (χ4n) is 3.43. The first-order valence-electron chi connectivity index (χ1n) is 9.43. The van der Waals surface area contributed by atoms with Crippen LogP contribution in [0.1, 0.15) is 25.5 Å². The summed E-state index contributed by atoms with van der Waals surface area (Å²) in [6.07, 6.45) is 0. The second-order valence-corrected chi connectivity index (χ2v) is 6.63. The van der Waals surface area contributed by atoms with Gasteiger partial charge in [-0.15, -0.1) is 5.10 Å². The number of carbonyl (C=O) groups is 1. The fraction of sp³-hybridized carbons (Fsp3) is 0.227. The molecule has 7 nitrogen and oxygen atoms in total. The molecule has 2 heterocycles. The molecular formula is C22H22N4O3. The largest absolute Gasteiger partial charge is 0.497 e. The monoisotopic (exact) mass is 390 g/mol. The van der Waals surface area contributed by atoms with Crippen LogP contribution in [-0.2, 0) is 9.53 Å². The minimum atomic E-state index is -0.425. The van der Waals surface area contributed by atoms with Crippen LogP contribution in [0.15, 0.2) is 65.9 Å². The molecule has 29 heavy (non-hydrogen) atoms. The lowest BCUT2D eigenvalue weighted by atomic mass is 9.96. The van der Waals surface area contributed by atoms with Gasteiger partial charge in [-0.25, -0.2) is 9.48 Å². The molecule has 0 saturated carbocycles. The average molecular weight is 390 g/mol. The number of methoxy groups -OCH3 is 1. The molecule has 4 rings (SSSR count). The van der Waals surface area contributed by atoms with Crippen molar-refractivity contribution in [1.29, 1.82) is 0 Å². The summed E-state index contributed by atoms with van der Waals surface area (Å²) >= 11 is 0. The van der Waals surface area contributed by atoms with Crippen LogP contribution >= 0.6 is 0 Å². The Kier molecular flexibility index (Phi) is 5.03. The summed E-state index contributed by atoms with van der Waals surface area (Å²) in [6.45, 7) is 3.95. The number of carbonyl (C=O) groups excluding carboxylic acids is 1. The number of allylic oxidation sites excluding steroid dienone is 1. The van der Waals surface area contributed by atoms with E-state index in [2.05, 4.69) is 10.3 Å². The molecule has 2 aromatic carbocycles. The number of ether oxygens (including phenoxy) is 2. The summed E-state index contributed by atoms with van der Waals surface area (Å²) < 4.78 is 12.3. The Bertz CT molecular complexity index is 1060. The molecule has 1 atom stereocenters. The molecule has 3 aromatic rings. The second kappa shape index (κ2) is 7.79. The number of anilines is 1. The molecule has 1 aliphatic heterocycles. The highest BCUT2D eigenvalue weighted by Crippen LogP contribution is 2.36. The van der Waals surface area contributed by atoms with Crippen molar-refractivity contribution in [3.05, 3.63) is 71.4 Å². The Morgan fingerprint density at radius 3 is 2.52 bits per heavy atom. The lowest BCUT2D eigenvalue weighted by Crippen LogP contribution is -2.29. The Morgan fingerprint density at radius 1 is 1.14 bits per heavy atom. The van der Waals surface area contributed by atoms with Crippen molar-refractivity contribution in [3.8, 4) is 17.1 Å². The highest BCUT2D eigenvalue weighted by atomic mass is 16.5. The minimum Gasteiger partial charge on any atom is -0.497 e. The van der Waals surface area contributed by atoms with Gasteiger partial charge in [-0.2, -0.15) is 4.98 Å². The first kappa shape index (κ1) is 18.7. The number of aromatic nitrogens is 3. The van der Waals surface area contributed by atoms with Crippen molar-refractivity contribution in [2.24, 2.45) is 0 Å². The zero-order chi connectivity index (χ0) is 20.4. The molecule has 0 fully saturated rings. The van der Waals surface area contributed by atoms with Gasteiger partial charge in [0.2, 0.25) is 5.95 Å². The summed E-state index contributed by atoms with van der Waals surface area (Å²) in [5, 5.41) is 7.93. The van der Waals surface area contributed by atoms with Gasteiger partial charge in [0.25, 0.3) is 0 Å². The van der Waals surface area contributed by atoms with Crippen LogP contribution in [0, 0.1) is 0 Å². The van der Waals surface area contributed by atoms with E-state index in [4.69, 9.17) is 14.6 Å². The molecule has 0 radical (unpaired) electrons. The lowest BCUT2D eigenvalue weighted by Gasteiger charge is -2.28. The molecule has 1 aliphatic rings. The Labute approximate surface area is 169 Å². The van der Waals surface area contributed by atoms with Gasteiger partial charge >= 0.3 is 5.97 Å². The number of nitrogens with one attached hydrogen (secondary N) is 1. The first-order valence-corrected chi connectivity index (χ1v) is 9.43. The molecule has 7 heteroatoms. The third kappa shape index (κ3) is 3.47. The summed E-state index contributed by atoms with van der Waals surface area (Å²) in [5.41, 5.74) is 3.02. The van der Waals surface area contributed by atoms with Crippen molar-refractivity contribution in [3.63, 3.8) is 0 Å². The molecule has 0 amide bonds. The fourth-order valence-corrected chi connectivity index (χ4v) is 3.43. The van der Waals surface area contributed by atoms with E-state index in [1.165, 1.54) is 0 Å². The number of fused-ring (bicyclic) bond motifs is 1. The van der Waals surface area contributed by atoms with Gasteiger partial charge in [-0.05, 0) is 43.7 Å². The van der Waals surface area contributed by atoms with Crippen LogP contribution in [0.25, 0.3) is 11.4 Å². The van der Waals surface area contributed by atoms with E-state index in [0.717, 1.165) is 16.9 Å². The van der Waals surface area contributed by atoms with Gasteiger partial charge in [-0.1, -0.05) is 30.3 Å². The highest BCUT2D eigenvalue weighted by molar-refractivity contribution is 5.92. The normalized spacial score (nSPS) is 15.5. The number of esters is 1. The molecule has 0 saturated heterocycles. The Morgan fingerprint density at radius 2 is 1.86 bits per heavy atom. The molecular weight excluding hydrogens is 368 g/mol. The van der Waals surface area contributed by atoms with Gasteiger partial charge in [0.15, 0.2) is 5.82 Å². The number of benzene rings is 2. The van der Waals surface area contributed by atoms with Crippen LogP contribution in [0.4, 0.5) is 5.95 Å². The highest BCUT2D eigenvalue weighted by Gasteiger charge is 2.35.